The van der Waals surface area contributed by atoms with Gasteiger partial charge in [-0.2, -0.15) is 0 Å². The molecule has 0 aromatic heterocycles. The Morgan fingerprint density at radius 3 is 2.18 bits per heavy atom. The van der Waals surface area contributed by atoms with E-state index in [1.807, 2.05) is 24.3 Å². The Bertz CT molecular complexity index is 1060. The number of rotatable bonds is 7. The molecule has 0 radical (unpaired) electrons. The summed E-state index contributed by atoms with van der Waals surface area (Å²) < 4.78 is 5.68. The minimum absolute atomic E-state index is 0.0193. The molecule has 7 nitrogen and oxygen atoms in total. The lowest BCUT2D eigenvalue weighted by Gasteiger charge is -2.42. The number of aliphatic carboxylic acids is 1. The van der Waals surface area contributed by atoms with Gasteiger partial charge in [-0.1, -0.05) is 55.0 Å². The fourth-order valence-electron chi connectivity index (χ4n) is 5.79. The molecule has 2 amide bonds. The van der Waals surface area contributed by atoms with Crippen LogP contribution >= 0.6 is 0 Å². The smallest absolute Gasteiger partial charge is 0.407 e. The van der Waals surface area contributed by atoms with Gasteiger partial charge < -0.3 is 20.5 Å². The minimum atomic E-state index is -0.863. The van der Waals surface area contributed by atoms with Crippen LogP contribution in [0.3, 0.4) is 0 Å². The molecule has 0 bridgehead atoms. The molecule has 2 unspecified atom stereocenters. The summed E-state index contributed by atoms with van der Waals surface area (Å²) in [5.41, 5.74) is 4.03. The number of carbonyl (C=O) groups is 3. The topological polar surface area (TPSA) is 105 Å². The van der Waals surface area contributed by atoms with E-state index in [1.165, 1.54) is 11.1 Å². The third-order valence-electron chi connectivity index (χ3n) is 7.70. The van der Waals surface area contributed by atoms with Gasteiger partial charge in [-0.15, -0.1) is 0 Å². The molecule has 0 heterocycles. The number of alkyl carbamates (subject to hydrolysis) is 1. The van der Waals surface area contributed by atoms with Crippen LogP contribution < -0.4 is 10.6 Å². The standard InChI is InChI=1S/C27H30N2O5/c30-24(28-23-12-5-11-21(23)25(31)32)15-27(13-6-14-27)29-26(33)34-16-22-19-9-3-1-7-17(19)18-8-2-4-10-20(18)22/h1-4,7-10,21-23H,5-6,11-16H2,(H,28,30)(H,29,33)(H,31,32). The second kappa shape index (κ2) is 9.12. The summed E-state index contributed by atoms with van der Waals surface area (Å²) in [4.78, 5) is 36.9. The number of amides is 2. The van der Waals surface area contributed by atoms with Crippen LogP contribution in [-0.2, 0) is 14.3 Å². The fraction of sp³-hybridized carbons (Fsp3) is 0.444. The summed E-state index contributed by atoms with van der Waals surface area (Å²) in [5, 5.41) is 15.2. The first-order valence-electron chi connectivity index (χ1n) is 12.1. The van der Waals surface area contributed by atoms with Crippen molar-refractivity contribution in [1.82, 2.24) is 10.6 Å². The second-order valence-electron chi connectivity index (χ2n) is 9.81. The second-order valence-corrected chi connectivity index (χ2v) is 9.81. The van der Waals surface area contributed by atoms with Crippen molar-refractivity contribution in [3.05, 3.63) is 59.7 Å². The van der Waals surface area contributed by atoms with Crippen LogP contribution in [0.15, 0.2) is 48.5 Å². The van der Waals surface area contributed by atoms with Crippen molar-refractivity contribution in [3.63, 3.8) is 0 Å². The van der Waals surface area contributed by atoms with Gasteiger partial charge in [0.05, 0.1) is 11.5 Å². The van der Waals surface area contributed by atoms with E-state index >= 15 is 0 Å². The van der Waals surface area contributed by atoms with Gasteiger partial charge in [0.25, 0.3) is 0 Å². The molecule has 0 spiro atoms. The molecule has 2 saturated carbocycles. The summed E-state index contributed by atoms with van der Waals surface area (Å²) in [7, 11) is 0. The van der Waals surface area contributed by atoms with Gasteiger partial charge in [0.2, 0.25) is 5.91 Å². The summed E-state index contributed by atoms with van der Waals surface area (Å²) in [6.07, 6.45) is 4.02. The fourth-order valence-corrected chi connectivity index (χ4v) is 5.79. The van der Waals surface area contributed by atoms with Crippen LogP contribution in [0.2, 0.25) is 0 Å². The van der Waals surface area contributed by atoms with Gasteiger partial charge in [-0.05, 0) is 54.4 Å². The van der Waals surface area contributed by atoms with Gasteiger partial charge in [-0.25, -0.2) is 4.79 Å². The first kappa shape index (κ1) is 22.4. The number of nitrogens with one attached hydrogen (secondary N) is 2. The van der Waals surface area contributed by atoms with Gasteiger partial charge in [-0.3, -0.25) is 9.59 Å². The highest BCUT2D eigenvalue weighted by molar-refractivity contribution is 5.81. The van der Waals surface area contributed by atoms with E-state index in [9.17, 15) is 19.5 Å². The number of hydrogen-bond donors (Lipinski definition) is 3. The largest absolute Gasteiger partial charge is 0.481 e. The molecular weight excluding hydrogens is 432 g/mol. The van der Waals surface area contributed by atoms with Crippen molar-refractivity contribution < 1.29 is 24.2 Å². The van der Waals surface area contributed by atoms with Gasteiger partial charge in [0, 0.05) is 18.4 Å². The molecule has 2 aromatic rings. The van der Waals surface area contributed by atoms with Crippen LogP contribution in [0.5, 0.6) is 0 Å². The van der Waals surface area contributed by atoms with Crippen LogP contribution in [0.25, 0.3) is 11.1 Å². The average molecular weight is 463 g/mol. The molecule has 2 atom stereocenters. The summed E-state index contributed by atoms with van der Waals surface area (Å²) in [6.45, 7) is 0.227. The average Bonchev–Trinajstić information content (AvgIpc) is 3.39. The molecule has 3 aliphatic rings. The van der Waals surface area contributed by atoms with E-state index in [-0.39, 0.29) is 30.9 Å². The van der Waals surface area contributed by atoms with Gasteiger partial charge in [0.15, 0.2) is 0 Å². The summed E-state index contributed by atoms with van der Waals surface area (Å²) >= 11 is 0. The predicted molar refractivity (Wildman–Crippen MR) is 126 cm³/mol. The molecule has 0 saturated heterocycles. The Labute approximate surface area is 198 Å². The summed E-state index contributed by atoms with van der Waals surface area (Å²) in [5.74, 6) is -1.62. The van der Waals surface area contributed by atoms with Gasteiger partial charge in [0.1, 0.15) is 6.61 Å². The van der Waals surface area contributed by atoms with E-state index < -0.39 is 23.5 Å². The number of hydrogen-bond acceptors (Lipinski definition) is 4. The first-order chi connectivity index (χ1) is 16.5. The zero-order valence-corrected chi connectivity index (χ0v) is 19.1. The Balaban J connectivity index is 1.19. The van der Waals surface area contributed by atoms with E-state index in [0.29, 0.717) is 25.7 Å². The Morgan fingerprint density at radius 1 is 0.941 bits per heavy atom. The van der Waals surface area contributed by atoms with Crippen molar-refractivity contribution in [2.45, 2.75) is 62.4 Å². The molecule has 3 aliphatic carbocycles. The highest BCUT2D eigenvalue weighted by Gasteiger charge is 2.42. The molecular formula is C27H30N2O5. The molecule has 7 heteroatoms. The predicted octanol–water partition coefficient (Wildman–Crippen LogP) is 4.21. The number of carboxylic acids is 1. The number of benzene rings is 2. The maximum atomic E-state index is 12.8. The van der Waals surface area contributed by atoms with E-state index in [4.69, 9.17) is 4.74 Å². The zero-order valence-electron chi connectivity index (χ0n) is 19.1. The van der Waals surface area contributed by atoms with E-state index in [1.54, 1.807) is 0 Å². The van der Waals surface area contributed by atoms with Crippen molar-refractivity contribution >= 4 is 18.0 Å². The van der Waals surface area contributed by atoms with Crippen molar-refractivity contribution in [2.24, 2.45) is 5.92 Å². The summed E-state index contributed by atoms with van der Waals surface area (Å²) in [6, 6.07) is 16.0. The quantitative estimate of drug-likeness (QED) is 0.572. The maximum Gasteiger partial charge on any atom is 0.407 e. The number of carboxylic acid groups (broad SMARTS) is 1. The monoisotopic (exact) mass is 462 g/mol. The molecule has 178 valence electrons. The van der Waals surface area contributed by atoms with Crippen LogP contribution in [0.4, 0.5) is 4.79 Å². The van der Waals surface area contributed by atoms with Crippen molar-refractivity contribution in [1.29, 1.82) is 0 Å². The molecule has 5 rings (SSSR count). The molecule has 2 aromatic carbocycles. The number of carbonyl (C=O) groups excluding carboxylic acids is 2. The van der Waals surface area contributed by atoms with E-state index in [0.717, 1.165) is 24.0 Å². The highest BCUT2D eigenvalue weighted by Crippen LogP contribution is 2.44. The van der Waals surface area contributed by atoms with Crippen LogP contribution in [0, 0.1) is 5.92 Å². The van der Waals surface area contributed by atoms with Crippen molar-refractivity contribution in [2.75, 3.05) is 6.61 Å². The van der Waals surface area contributed by atoms with Crippen LogP contribution in [0.1, 0.15) is 62.0 Å². The third-order valence-corrected chi connectivity index (χ3v) is 7.70. The lowest BCUT2D eigenvalue weighted by Crippen LogP contribution is -2.56. The lowest BCUT2D eigenvalue weighted by atomic mass is 9.74. The van der Waals surface area contributed by atoms with Gasteiger partial charge >= 0.3 is 12.1 Å². The van der Waals surface area contributed by atoms with Crippen molar-refractivity contribution in [3.8, 4) is 11.1 Å². The first-order valence-corrected chi connectivity index (χ1v) is 12.1. The number of ether oxygens (including phenoxy) is 1. The zero-order chi connectivity index (χ0) is 23.7. The Kier molecular flexibility index (Phi) is 6.02. The highest BCUT2D eigenvalue weighted by atomic mass is 16.5. The Hall–Kier alpha value is -3.35. The third kappa shape index (κ3) is 4.27. The Morgan fingerprint density at radius 2 is 1.59 bits per heavy atom. The van der Waals surface area contributed by atoms with Crippen LogP contribution in [-0.4, -0.2) is 41.3 Å². The molecule has 0 aliphatic heterocycles. The number of fused-ring (bicyclic) bond motifs is 3. The lowest BCUT2D eigenvalue weighted by molar-refractivity contribution is -0.142. The molecule has 3 N–H and O–H groups in total. The van der Waals surface area contributed by atoms with E-state index in [2.05, 4.69) is 34.9 Å². The SMILES string of the molecule is O=C(CC1(NC(=O)OCC2c3ccccc3-c3ccccc32)CCC1)NC1CCCC1C(=O)O. The molecule has 34 heavy (non-hydrogen) atoms. The maximum absolute atomic E-state index is 12.8. The normalized spacial score (nSPS) is 22.2. The molecule has 2 fully saturated rings. The minimum Gasteiger partial charge on any atom is -0.481 e.